The number of hydrogen-bond donors (Lipinski definition) is 2. The van der Waals surface area contributed by atoms with Crippen LogP contribution in [-0.2, 0) is 14.8 Å². The molecule has 1 aliphatic rings. The number of rotatable bonds is 3. The van der Waals surface area contributed by atoms with Gasteiger partial charge in [-0.15, -0.1) is 0 Å². The second kappa shape index (κ2) is 5.66. The highest BCUT2D eigenvalue weighted by Gasteiger charge is 2.24. The Bertz CT molecular complexity index is 569. The second-order valence-corrected chi connectivity index (χ2v) is 6.76. The van der Waals surface area contributed by atoms with E-state index in [-0.39, 0.29) is 16.0 Å². The molecule has 106 valence electrons. The fraction of sp³-hybridized carbons (Fsp3) is 0.500. The van der Waals surface area contributed by atoms with Crippen molar-refractivity contribution in [2.75, 3.05) is 18.9 Å². The highest BCUT2D eigenvalue weighted by Crippen LogP contribution is 2.27. The normalized spacial score (nSPS) is 20.4. The Balaban J connectivity index is 2.26. The van der Waals surface area contributed by atoms with Crippen LogP contribution in [0.5, 0.6) is 0 Å². The molecule has 1 atom stereocenters. The molecule has 3 N–H and O–H groups in total. The van der Waals surface area contributed by atoms with E-state index in [1.807, 2.05) is 0 Å². The van der Waals surface area contributed by atoms with Gasteiger partial charge in [-0.25, -0.2) is 13.1 Å². The van der Waals surface area contributed by atoms with Gasteiger partial charge in [0.2, 0.25) is 10.0 Å². The predicted molar refractivity (Wildman–Crippen MR) is 74.8 cm³/mol. The number of sulfonamides is 1. The highest BCUT2D eigenvalue weighted by molar-refractivity contribution is 7.89. The molecular weight excluding hydrogens is 288 g/mol. The zero-order valence-corrected chi connectivity index (χ0v) is 12.2. The Kier molecular flexibility index (Phi) is 4.35. The monoisotopic (exact) mass is 304 g/mol. The quantitative estimate of drug-likeness (QED) is 0.833. The van der Waals surface area contributed by atoms with Crippen molar-refractivity contribution in [2.45, 2.75) is 30.7 Å². The summed E-state index contributed by atoms with van der Waals surface area (Å²) in [6, 6.07) is 2.74. The van der Waals surface area contributed by atoms with Crippen molar-refractivity contribution >= 4 is 27.3 Å². The van der Waals surface area contributed by atoms with E-state index in [9.17, 15) is 8.42 Å². The standard InChI is InChI=1S/C12H17ClN2O3S/c1-8-5-10(13)12(6-11(8)14)19(16,17)15-9-3-2-4-18-7-9/h5-6,9,15H,2-4,7,14H2,1H3. The van der Waals surface area contributed by atoms with Crippen LogP contribution >= 0.6 is 11.6 Å². The molecule has 19 heavy (non-hydrogen) atoms. The maximum atomic E-state index is 12.3. The zero-order chi connectivity index (χ0) is 14.0. The number of hydrogen-bond acceptors (Lipinski definition) is 4. The third kappa shape index (κ3) is 3.39. The van der Waals surface area contributed by atoms with Gasteiger partial charge in [0.15, 0.2) is 0 Å². The van der Waals surface area contributed by atoms with Gasteiger partial charge in [0.05, 0.1) is 11.6 Å². The van der Waals surface area contributed by atoms with Crippen LogP contribution in [-0.4, -0.2) is 27.7 Å². The number of aryl methyl sites for hydroxylation is 1. The van der Waals surface area contributed by atoms with Crippen molar-refractivity contribution in [3.63, 3.8) is 0 Å². The predicted octanol–water partition coefficient (Wildman–Crippen LogP) is 1.69. The molecular formula is C12H17ClN2O3S. The summed E-state index contributed by atoms with van der Waals surface area (Å²) in [6.45, 7) is 2.84. The molecule has 0 aromatic heterocycles. The summed E-state index contributed by atoms with van der Waals surface area (Å²) in [4.78, 5) is 0.0165. The summed E-state index contributed by atoms with van der Waals surface area (Å²) in [7, 11) is -3.67. The molecule has 7 heteroatoms. The number of halogens is 1. The van der Waals surface area contributed by atoms with Crippen molar-refractivity contribution in [1.82, 2.24) is 4.72 Å². The maximum absolute atomic E-state index is 12.3. The molecule has 5 nitrogen and oxygen atoms in total. The SMILES string of the molecule is Cc1cc(Cl)c(S(=O)(=O)NC2CCCOC2)cc1N. The Hall–Kier alpha value is -0.820. The van der Waals surface area contributed by atoms with E-state index in [1.165, 1.54) is 6.07 Å². The van der Waals surface area contributed by atoms with Crippen LogP contribution in [0.3, 0.4) is 0 Å². The number of nitrogens with one attached hydrogen (secondary N) is 1. The summed E-state index contributed by atoms with van der Waals surface area (Å²) in [6.07, 6.45) is 1.61. The van der Waals surface area contributed by atoms with E-state index in [0.717, 1.165) is 18.4 Å². The van der Waals surface area contributed by atoms with Gasteiger partial charge in [-0.3, -0.25) is 0 Å². The molecule has 1 aromatic rings. The Morgan fingerprint density at radius 2 is 2.21 bits per heavy atom. The van der Waals surface area contributed by atoms with Gasteiger partial charge in [-0.1, -0.05) is 11.6 Å². The Morgan fingerprint density at radius 3 is 2.84 bits per heavy atom. The van der Waals surface area contributed by atoms with Crippen molar-refractivity contribution in [1.29, 1.82) is 0 Å². The van der Waals surface area contributed by atoms with Gasteiger partial charge >= 0.3 is 0 Å². The lowest BCUT2D eigenvalue weighted by Gasteiger charge is -2.23. The molecule has 1 aromatic carbocycles. The largest absolute Gasteiger partial charge is 0.398 e. The van der Waals surface area contributed by atoms with E-state index in [4.69, 9.17) is 22.1 Å². The van der Waals surface area contributed by atoms with E-state index < -0.39 is 10.0 Å². The van der Waals surface area contributed by atoms with Crippen LogP contribution in [0.15, 0.2) is 17.0 Å². The van der Waals surface area contributed by atoms with Crippen LogP contribution in [0.25, 0.3) is 0 Å². The van der Waals surface area contributed by atoms with Crippen molar-refractivity contribution in [3.8, 4) is 0 Å². The van der Waals surface area contributed by atoms with Crippen molar-refractivity contribution in [3.05, 3.63) is 22.7 Å². The molecule has 0 amide bonds. The first-order chi connectivity index (χ1) is 8.90. The smallest absolute Gasteiger partial charge is 0.242 e. The third-order valence-corrected chi connectivity index (χ3v) is 5.08. The zero-order valence-electron chi connectivity index (χ0n) is 10.6. The summed E-state index contributed by atoms with van der Waals surface area (Å²) < 4.78 is 32.4. The molecule has 2 rings (SSSR count). The van der Waals surface area contributed by atoms with E-state index in [2.05, 4.69) is 4.72 Å². The average molecular weight is 305 g/mol. The van der Waals surface area contributed by atoms with Gasteiger partial charge < -0.3 is 10.5 Å². The van der Waals surface area contributed by atoms with Gasteiger partial charge in [-0.2, -0.15) is 0 Å². The molecule has 1 heterocycles. The number of anilines is 1. The first-order valence-corrected chi connectivity index (χ1v) is 7.92. The average Bonchev–Trinajstić information content (AvgIpc) is 2.34. The van der Waals surface area contributed by atoms with Crippen LogP contribution in [0.1, 0.15) is 18.4 Å². The molecule has 1 aliphatic heterocycles. The fourth-order valence-electron chi connectivity index (χ4n) is 1.99. The minimum absolute atomic E-state index is 0.0165. The lowest BCUT2D eigenvalue weighted by molar-refractivity contribution is 0.0774. The second-order valence-electron chi connectivity index (χ2n) is 4.67. The third-order valence-electron chi connectivity index (χ3n) is 3.09. The first kappa shape index (κ1) is 14.6. The van der Waals surface area contributed by atoms with Gasteiger partial charge in [0.25, 0.3) is 0 Å². The summed E-state index contributed by atoms with van der Waals surface area (Å²) in [5.41, 5.74) is 6.91. The summed E-state index contributed by atoms with van der Waals surface area (Å²) in [5, 5.41) is 0.177. The minimum Gasteiger partial charge on any atom is -0.398 e. The number of nitrogens with two attached hydrogens (primary N) is 1. The molecule has 0 bridgehead atoms. The van der Waals surface area contributed by atoms with E-state index >= 15 is 0 Å². The first-order valence-electron chi connectivity index (χ1n) is 6.06. The topological polar surface area (TPSA) is 81.4 Å². The molecule has 1 fully saturated rings. The number of benzene rings is 1. The van der Waals surface area contributed by atoms with Crippen LogP contribution < -0.4 is 10.5 Å². The Labute approximate surface area is 118 Å². The molecule has 0 spiro atoms. The maximum Gasteiger partial charge on any atom is 0.242 e. The van der Waals surface area contributed by atoms with Gasteiger partial charge in [-0.05, 0) is 37.5 Å². The molecule has 1 saturated heterocycles. The lowest BCUT2D eigenvalue weighted by atomic mass is 10.1. The van der Waals surface area contributed by atoms with Crippen molar-refractivity contribution in [2.24, 2.45) is 0 Å². The Morgan fingerprint density at radius 1 is 1.47 bits per heavy atom. The minimum atomic E-state index is -3.67. The number of nitrogen functional groups attached to an aromatic ring is 1. The molecule has 0 saturated carbocycles. The molecule has 0 aliphatic carbocycles. The summed E-state index contributed by atoms with van der Waals surface area (Å²) in [5.74, 6) is 0. The summed E-state index contributed by atoms with van der Waals surface area (Å²) >= 11 is 6.00. The van der Waals surface area contributed by atoms with Gasteiger partial charge in [0.1, 0.15) is 4.90 Å². The van der Waals surface area contributed by atoms with Crippen LogP contribution in [0, 0.1) is 6.92 Å². The number of ether oxygens (including phenoxy) is 1. The highest BCUT2D eigenvalue weighted by atomic mass is 35.5. The molecule has 1 unspecified atom stereocenters. The van der Waals surface area contributed by atoms with Gasteiger partial charge in [0, 0.05) is 18.3 Å². The van der Waals surface area contributed by atoms with E-state index in [1.54, 1.807) is 13.0 Å². The molecule has 0 radical (unpaired) electrons. The van der Waals surface area contributed by atoms with Crippen LogP contribution in [0.4, 0.5) is 5.69 Å². The fourth-order valence-corrected chi connectivity index (χ4v) is 3.86. The van der Waals surface area contributed by atoms with E-state index in [0.29, 0.717) is 18.9 Å². The lowest BCUT2D eigenvalue weighted by Crippen LogP contribution is -2.40. The van der Waals surface area contributed by atoms with Crippen molar-refractivity contribution < 1.29 is 13.2 Å². The van der Waals surface area contributed by atoms with Crippen LogP contribution in [0.2, 0.25) is 5.02 Å².